The van der Waals surface area contributed by atoms with E-state index < -0.39 is 31.5 Å². The number of nitrogens with zero attached hydrogens (tertiary/aromatic N) is 1. The molecular formula is C9H8NNaO5S2. The van der Waals surface area contributed by atoms with Gasteiger partial charge in [-0.15, -0.1) is 0 Å². The molecule has 1 rings (SSSR count). The van der Waals surface area contributed by atoms with Gasteiger partial charge in [0, 0.05) is 0 Å². The van der Waals surface area contributed by atoms with Crippen molar-refractivity contribution in [2.75, 3.05) is 11.5 Å². The van der Waals surface area contributed by atoms with Gasteiger partial charge in [-0.1, -0.05) is 0 Å². The summed E-state index contributed by atoms with van der Waals surface area (Å²) < 4.78 is 54.2. The van der Waals surface area contributed by atoms with E-state index in [0.29, 0.717) is 5.56 Å². The fraction of sp³-hybridized carbons (Fsp3) is 0.222. The molecule has 18 heavy (non-hydrogen) atoms. The molecule has 0 heterocycles. The summed E-state index contributed by atoms with van der Waals surface area (Å²) in [5.74, 6) is -1.72. The van der Waals surface area contributed by atoms with E-state index in [1.165, 1.54) is 24.3 Å². The van der Waals surface area contributed by atoms with Crippen LogP contribution in [0.2, 0.25) is 0 Å². The SMILES string of the molecule is N#Cc1ccc(S(=O)(=O)CCS(=O)(=O)[O-])cc1.[Na+]. The van der Waals surface area contributed by atoms with E-state index in [-0.39, 0.29) is 34.5 Å². The Morgan fingerprint density at radius 1 is 1.06 bits per heavy atom. The zero-order valence-corrected chi connectivity index (χ0v) is 13.2. The van der Waals surface area contributed by atoms with Crippen LogP contribution in [0.15, 0.2) is 29.2 Å². The van der Waals surface area contributed by atoms with Gasteiger partial charge in [-0.05, 0) is 24.3 Å². The Bertz CT molecular complexity index is 643. The van der Waals surface area contributed by atoms with E-state index in [0.717, 1.165) is 0 Å². The van der Waals surface area contributed by atoms with E-state index in [2.05, 4.69) is 0 Å². The summed E-state index contributed by atoms with van der Waals surface area (Å²) in [7, 11) is -8.37. The third kappa shape index (κ3) is 5.48. The molecule has 0 atom stereocenters. The molecule has 1 aromatic carbocycles. The standard InChI is InChI=1S/C9H9NO5S2.Na/c10-7-8-1-3-9(4-2-8)16(11,12)5-6-17(13,14)15;/h1-4H,5-6H2,(H,13,14,15);/q;+1/p-1. The van der Waals surface area contributed by atoms with E-state index in [1.807, 2.05) is 6.07 Å². The third-order valence-corrected chi connectivity index (χ3v) is 4.64. The van der Waals surface area contributed by atoms with Gasteiger partial charge in [0.1, 0.15) is 0 Å². The second-order valence-corrected chi connectivity index (χ2v) is 6.85. The van der Waals surface area contributed by atoms with Crippen molar-refractivity contribution in [3.63, 3.8) is 0 Å². The predicted molar refractivity (Wildman–Crippen MR) is 57.8 cm³/mol. The van der Waals surface area contributed by atoms with Crippen LogP contribution in [0.5, 0.6) is 0 Å². The van der Waals surface area contributed by atoms with Crippen molar-refractivity contribution in [3.8, 4) is 6.07 Å². The van der Waals surface area contributed by atoms with Gasteiger partial charge in [-0.3, -0.25) is 0 Å². The Morgan fingerprint density at radius 2 is 1.56 bits per heavy atom. The molecule has 92 valence electrons. The maximum Gasteiger partial charge on any atom is 1.00 e. The first-order valence-electron chi connectivity index (χ1n) is 4.41. The second-order valence-electron chi connectivity index (χ2n) is 3.22. The molecule has 0 unspecified atom stereocenters. The average Bonchev–Trinajstić information content (AvgIpc) is 2.26. The van der Waals surface area contributed by atoms with Gasteiger partial charge >= 0.3 is 29.6 Å². The Balaban J connectivity index is 0.00000289. The van der Waals surface area contributed by atoms with Crippen LogP contribution in [0.3, 0.4) is 0 Å². The van der Waals surface area contributed by atoms with Crippen LogP contribution in [-0.2, 0) is 20.0 Å². The Morgan fingerprint density at radius 3 is 1.94 bits per heavy atom. The number of hydrogen-bond donors (Lipinski definition) is 0. The Kier molecular flexibility index (Phi) is 6.50. The molecule has 0 fully saturated rings. The maximum atomic E-state index is 11.6. The molecule has 0 bridgehead atoms. The van der Waals surface area contributed by atoms with Crippen molar-refractivity contribution < 1.29 is 50.9 Å². The zero-order valence-electron chi connectivity index (χ0n) is 9.53. The summed E-state index contributed by atoms with van der Waals surface area (Å²) in [5, 5.41) is 8.52. The van der Waals surface area contributed by atoms with Gasteiger partial charge in [-0.2, -0.15) is 5.26 Å². The number of sulfone groups is 1. The molecule has 6 nitrogen and oxygen atoms in total. The number of benzene rings is 1. The van der Waals surface area contributed by atoms with Crippen LogP contribution in [0.1, 0.15) is 5.56 Å². The first-order valence-corrected chi connectivity index (χ1v) is 7.64. The number of rotatable bonds is 4. The fourth-order valence-electron chi connectivity index (χ4n) is 1.07. The molecule has 0 saturated heterocycles. The summed E-state index contributed by atoms with van der Waals surface area (Å²) in [6.07, 6.45) is 0. The minimum Gasteiger partial charge on any atom is -0.748 e. The number of hydrogen-bond acceptors (Lipinski definition) is 6. The molecule has 0 amide bonds. The van der Waals surface area contributed by atoms with Crippen molar-refractivity contribution in [2.24, 2.45) is 0 Å². The summed E-state index contributed by atoms with van der Waals surface area (Å²) >= 11 is 0. The van der Waals surface area contributed by atoms with Gasteiger partial charge in [-0.25, -0.2) is 16.8 Å². The molecule has 0 aliphatic heterocycles. The second kappa shape index (κ2) is 6.65. The van der Waals surface area contributed by atoms with E-state index in [4.69, 9.17) is 5.26 Å². The summed E-state index contributed by atoms with van der Waals surface area (Å²) in [6, 6.07) is 6.83. The van der Waals surface area contributed by atoms with Crippen LogP contribution in [0.25, 0.3) is 0 Å². The summed E-state index contributed by atoms with van der Waals surface area (Å²) in [4.78, 5) is -0.111. The zero-order chi connectivity index (χ0) is 13.1. The average molecular weight is 297 g/mol. The maximum absolute atomic E-state index is 11.6. The van der Waals surface area contributed by atoms with Gasteiger partial charge < -0.3 is 4.55 Å². The third-order valence-electron chi connectivity index (χ3n) is 1.94. The van der Waals surface area contributed by atoms with Gasteiger partial charge in [0.05, 0.1) is 38.2 Å². The first-order chi connectivity index (χ1) is 7.74. The fourth-order valence-corrected chi connectivity index (χ4v) is 3.55. The molecule has 0 radical (unpaired) electrons. The van der Waals surface area contributed by atoms with Gasteiger partial charge in [0.25, 0.3) is 0 Å². The smallest absolute Gasteiger partial charge is 0.748 e. The van der Waals surface area contributed by atoms with Crippen LogP contribution in [0.4, 0.5) is 0 Å². The molecule has 0 aliphatic carbocycles. The quantitative estimate of drug-likeness (QED) is 0.429. The van der Waals surface area contributed by atoms with E-state index in [1.54, 1.807) is 0 Å². The van der Waals surface area contributed by atoms with Crippen LogP contribution in [-0.4, -0.2) is 32.9 Å². The topological polar surface area (TPSA) is 115 Å². The van der Waals surface area contributed by atoms with Gasteiger partial charge in [0.15, 0.2) is 9.84 Å². The largest absolute Gasteiger partial charge is 1.00 e. The minimum absolute atomic E-state index is 0. The first kappa shape index (κ1) is 17.6. The molecular weight excluding hydrogens is 289 g/mol. The summed E-state index contributed by atoms with van der Waals surface area (Å²) in [6.45, 7) is 0. The molecule has 0 aliphatic rings. The molecule has 1 aromatic rings. The van der Waals surface area contributed by atoms with E-state index in [9.17, 15) is 21.4 Å². The van der Waals surface area contributed by atoms with Crippen molar-refractivity contribution in [1.29, 1.82) is 5.26 Å². The van der Waals surface area contributed by atoms with Crippen molar-refractivity contribution in [2.45, 2.75) is 4.90 Å². The predicted octanol–water partition coefficient (Wildman–Crippen LogP) is -3.12. The van der Waals surface area contributed by atoms with Crippen molar-refractivity contribution >= 4 is 20.0 Å². The van der Waals surface area contributed by atoms with Crippen LogP contribution in [0, 0.1) is 11.3 Å². The van der Waals surface area contributed by atoms with Crippen LogP contribution < -0.4 is 29.6 Å². The molecule has 9 heteroatoms. The molecule has 0 N–H and O–H groups in total. The molecule has 0 saturated carbocycles. The summed E-state index contributed by atoms with van der Waals surface area (Å²) in [5.41, 5.74) is 0.292. The monoisotopic (exact) mass is 297 g/mol. The molecule has 0 spiro atoms. The van der Waals surface area contributed by atoms with Crippen molar-refractivity contribution in [1.82, 2.24) is 0 Å². The van der Waals surface area contributed by atoms with Crippen LogP contribution >= 0.6 is 0 Å². The normalized spacial score (nSPS) is 11.3. The van der Waals surface area contributed by atoms with Crippen molar-refractivity contribution in [3.05, 3.63) is 29.8 Å². The Hall–Kier alpha value is -0.430. The number of nitriles is 1. The van der Waals surface area contributed by atoms with Gasteiger partial charge in [0.2, 0.25) is 0 Å². The van der Waals surface area contributed by atoms with E-state index >= 15 is 0 Å². The Labute approximate surface area is 128 Å². The molecule has 0 aromatic heterocycles. The minimum atomic E-state index is -4.56.